The average molecular weight is 1470 g/mol. The summed E-state index contributed by atoms with van der Waals surface area (Å²) in [7, 11) is 15.3. The van der Waals surface area contributed by atoms with E-state index < -0.39 is 65.1 Å². The van der Waals surface area contributed by atoms with Gasteiger partial charge in [-0.15, -0.1) is 23.2 Å². The number of aryl methyl sites for hydroxylation is 8. The van der Waals surface area contributed by atoms with E-state index >= 15 is 0 Å². The summed E-state index contributed by atoms with van der Waals surface area (Å²) in [6.07, 6.45) is 13.8. The number of carbonyl (C=O) groups is 11. The second kappa shape index (κ2) is 36.9. The van der Waals surface area contributed by atoms with Crippen LogP contribution in [0.3, 0.4) is 0 Å². The van der Waals surface area contributed by atoms with Gasteiger partial charge < -0.3 is 100 Å². The highest BCUT2D eigenvalue weighted by Gasteiger charge is 2.26. The number of alkyl halides is 2. The van der Waals surface area contributed by atoms with Gasteiger partial charge in [0.05, 0.1) is 43.4 Å². The number of nitrogens with one attached hydrogen (secondary N) is 12. The van der Waals surface area contributed by atoms with Gasteiger partial charge in [-0.3, -0.25) is 52.7 Å². The van der Waals surface area contributed by atoms with Crippen LogP contribution in [0.4, 0.5) is 40.1 Å². The predicted molar refractivity (Wildman–Crippen MR) is 391 cm³/mol. The third-order valence-electron chi connectivity index (χ3n) is 16.4. The standard InChI is InChI=1S/C68H87Cl2N23O11/c1-85(2)28-11-23-71-55(94)19-25-73-62(98)49-32-44(37-87(49)4)77-64(100)51-34-46(39-89(51)6)79-65(101)52-35-45(38-90(52)7)78-63(99)50-33-43(36-88(50)5)76-61(97)48(80-56(95)13-10-12-42-14-16-47(17-15-42)93(29-21-69)30-22-70)18-24-74-66(102)59-82-53(40-91(59)8)81-57(96)20-26-75-67(103)60-83-54(41-92(60)9)84-68(104)58-72-27-31-86(58)3/h14-17,27,31-41,48H,10-13,18-26,28-30H2,1-9H3,(H,71,94)(H,73,98)(H,74,102)(H,75,103)(H,76,97)(H,77,100)(H,78,99)(H,79,101)(H,80,95)(H,81,96)(H,84,104)/p+1/t48-/m1/s1. The number of rotatable bonds is 37. The fraction of sp³-hybridized carbons (Fsp3) is 0.382. The van der Waals surface area contributed by atoms with Crippen molar-refractivity contribution in [3.63, 3.8) is 0 Å². The molecule has 0 fully saturated rings. The Bertz CT molecular complexity index is 4410. The number of hydrogen-bond acceptors (Lipinski definition) is 15. The van der Waals surface area contributed by atoms with Crippen LogP contribution in [-0.4, -0.2) is 190 Å². The maximum absolute atomic E-state index is 14.2. The molecule has 0 saturated carbocycles. The van der Waals surface area contributed by atoms with E-state index in [0.717, 1.165) is 24.2 Å². The number of imidazole rings is 3. The van der Waals surface area contributed by atoms with E-state index in [1.165, 1.54) is 94.6 Å². The second-order valence-electron chi connectivity index (χ2n) is 25.0. The minimum atomic E-state index is -1.20. The summed E-state index contributed by atoms with van der Waals surface area (Å²) in [6.45, 7) is 2.61. The molecule has 0 radical (unpaired) electrons. The Balaban J connectivity index is 0.839. The van der Waals surface area contributed by atoms with Gasteiger partial charge in [0.25, 0.3) is 41.4 Å². The minimum Gasteiger partial charge on any atom is -0.369 e. The van der Waals surface area contributed by atoms with Crippen molar-refractivity contribution in [3.05, 3.63) is 144 Å². The van der Waals surface area contributed by atoms with Gasteiger partial charge in [0.15, 0.2) is 17.5 Å². The van der Waals surface area contributed by atoms with Gasteiger partial charge in [-0.05, 0) is 61.2 Å². The van der Waals surface area contributed by atoms with Crippen molar-refractivity contribution < 1.29 is 57.6 Å². The number of halogens is 2. The van der Waals surface area contributed by atoms with Crippen molar-refractivity contribution in [1.29, 1.82) is 0 Å². The molecule has 1 atom stereocenters. The van der Waals surface area contributed by atoms with Crippen LogP contribution >= 0.6 is 23.2 Å². The number of nitrogens with zero attached hydrogens (tertiary/aromatic N) is 11. The molecule has 0 aliphatic carbocycles. The lowest BCUT2D eigenvalue weighted by molar-refractivity contribution is -0.858. The fourth-order valence-electron chi connectivity index (χ4n) is 11.0. The minimum absolute atomic E-state index is 0.0256. The highest BCUT2D eigenvalue weighted by molar-refractivity contribution is 6.18. The van der Waals surface area contributed by atoms with Gasteiger partial charge in [-0.25, -0.2) is 15.0 Å². The van der Waals surface area contributed by atoms with Gasteiger partial charge in [-0.1, -0.05) is 12.1 Å². The van der Waals surface area contributed by atoms with Gasteiger partial charge >= 0.3 is 0 Å². The number of carbonyl (C=O) groups excluding carboxylic acids is 11. The molecule has 8 rings (SSSR count). The molecular formula is C68H88Cl2N23O11+. The van der Waals surface area contributed by atoms with E-state index in [4.69, 9.17) is 23.2 Å². The highest BCUT2D eigenvalue weighted by Crippen LogP contribution is 2.23. The van der Waals surface area contributed by atoms with E-state index in [0.29, 0.717) is 49.9 Å². The first-order valence-electron chi connectivity index (χ1n) is 33.4. The maximum atomic E-state index is 14.2. The summed E-state index contributed by atoms with van der Waals surface area (Å²) < 4.78 is 10.4. The van der Waals surface area contributed by atoms with Crippen LogP contribution in [0.5, 0.6) is 0 Å². The first-order valence-corrected chi connectivity index (χ1v) is 34.4. The zero-order valence-corrected chi connectivity index (χ0v) is 60.8. The lowest BCUT2D eigenvalue weighted by atomic mass is 10.1. The van der Waals surface area contributed by atoms with Crippen molar-refractivity contribution in [2.75, 3.05) is 108 Å². The van der Waals surface area contributed by atoms with E-state index in [1.807, 2.05) is 38.4 Å². The van der Waals surface area contributed by atoms with E-state index in [9.17, 15) is 52.7 Å². The van der Waals surface area contributed by atoms with Gasteiger partial charge in [0.2, 0.25) is 35.3 Å². The summed E-state index contributed by atoms with van der Waals surface area (Å²) in [6, 6.07) is 12.5. The molecule has 11 amide bonds. The first-order chi connectivity index (χ1) is 49.7. The van der Waals surface area contributed by atoms with Gasteiger partial charge in [-0.2, -0.15) is 0 Å². The maximum Gasteiger partial charge on any atom is 0.292 e. The van der Waals surface area contributed by atoms with Gasteiger partial charge in [0.1, 0.15) is 28.8 Å². The Morgan fingerprint density at radius 1 is 0.462 bits per heavy atom. The van der Waals surface area contributed by atoms with Crippen LogP contribution in [0.1, 0.15) is 118 Å². The summed E-state index contributed by atoms with van der Waals surface area (Å²) in [5.41, 5.74) is 3.72. The Morgan fingerprint density at radius 2 is 0.933 bits per heavy atom. The molecule has 8 aromatic rings. The zero-order chi connectivity index (χ0) is 75.3. The number of quaternary nitrogens is 1. The first kappa shape index (κ1) is 78.2. The molecule has 0 aliphatic rings. The van der Waals surface area contributed by atoms with Crippen molar-refractivity contribution in [2.24, 2.45) is 49.3 Å². The van der Waals surface area contributed by atoms with Crippen LogP contribution in [0.15, 0.2) is 98.1 Å². The van der Waals surface area contributed by atoms with Crippen molar-refractivity contribution >= 4 is 128 Å². The summed E-state index contributed by atoms with van der Waals surface area (Å²) in [5.74, 6) is -4.66. The third kappa shape index (κ3) is 22.0. The summed E-state index contributed by atoms with van der Waals surface area (Å²) in [5, 5.41) is 30.1. The molecule has 12 N–H and O–H groups in total. The second-order valence-corrected chi connectivity index (χ2v) is 25.7. The quantitative estimate of drug-likeness (QED) is 0.0196. The number of benzene rings is 1. The van der Waals surface area contributed by atoms with Crippen molar-refractivity contribution in [1.82, 2.24) is 73.5 Å². The van der Waals surface area contributed by atoms with Crippen molar-refractivity contribution in [3.8, 4) is 0 Å². The molecule has 0 unspecified atom stereocenters. The highest BCUT2D eigenvalue weighted by atomic mass is 35.5. The van der Waals surface area contributed by atoms with Crippen LogP contribution < -0.4 is 68.3 Å². The molecule has 34 nitrogen and oxygen atoms in total. The number of anilines is 7. The Kier molecular flexibility index (Phi) is 27.7. The molecule has 0 bridgehead atoms. The number of aromatic nitrogens is 10. The summed E-state index contributed by atoms with van der Waals surface area (Å²) in [4.78, 5) is 162. The normalized spacial score (nSPS) is 11.3. The number of hydrogen-bond donors (Lipinski definition) is 12. The zero-order valence-electron chi connectivity index (χ0n) is 59.3. The molecule has 104 heavy (non-hydrogen) atoms. The molecule has 0 saturated heterocycles. The third-order valence-corrected chi connectivity index (χ3v) is 16.7. The molecule has 554 valence electrons. The molecule has 0 aliphatic heterocycles. The lowest BCUT2D eigenvalue weighted by Crippen LogP contribution is -3.05. The molecule has 7 aromatic heterocycles. The van der Waals surface area contributed by atoms with Crippen LogP contribution in [0.2, 0.25) is 0 Å². The average Bonchev–Trinajstić information content (AvgIpc) is 1.68. The van der Waals surface area contributed by atoms with Crippen LogP contribution in [-0.2, 0) is 74.9 Å². The van der Waals surface area contributed by atoms with E-state index in [2.05, 4.69) is 78.3 Å². The predicted octanol–water partition coefficient (Wildman–Crippen LogP) is 2.33. The van der Waals surface area contributed by atoms with Crippen LogP contribution in [0.25, 0.3) is 0 Å². The topological polar surface area (TPSA) is 401 Å². The monoisotopic (exact) mass is 1470 g/mol. The van der Waals surface area contributed by atoms with Crippen LogP contribution in [0, 0.1) is 0 Å². The number of amides is 11. The Morgan fingerprint density at radius 3 is 1.42 bits per heavy atom. The molecule has 1 aromatic carbocycles. The van der Waals surface area contributed by atoms with E-state index in [-0.39, 0.29) is 120 Å². The Labute approximate surface area is 609 Å². The largest absolute Gasteiger partial charge is 0.369 e. The molecule has 36 heteroatoms. The Hall–Kier alpha value is -11.5. The van der Waals surface area contributed by atoms with Gasteiger partial charge in [0, 0.05) is 181 Å². The van der Waals surface area contributed by atoms with Crippen molar-refractivity contribution in [2.45, 2.75) is 51.0 Å². The van der Waals surface area contributed by atoms with E-state index in [1.54, 1.807) is 65.4 Å². The SMILES string of the molecule is Cn1cc(NC(=O)c2cc(NC(=O)c3cc(NC(=O)c4cc(NC(=O)[C@@H](CCNC(=O)c5nc(NC(=O)CCNC(=O)c6nc(NC(=O)c7nccn7C)cn6C)cn5C)NC(=O)CCCc5ccc(N(CCCl)CCCl)cc5)cn4C)cn3C)cn2C)cc1C(=O)NCCC(=O)NCCC[NH+](C)C. The summed E-state index contributed by atoms with van der Waals surface area (Å²) >= 11 is 12.0. The molecular weight excluding hydrogens is 1390 g/mol. The lowest BCUT2D eigenvalue weighted by Gasteiger charge is -2.23. The smallest absolute Gasteiger partial charge is 0.292 e. The fourth-order valence-corrected chi connectivity index (χ4v) is 11.4. The molecule has 0 spiro atoms. The molecule has 7 heterocycles.